The quantitative estimate of drug-likeness (QED) is 0.684. The summed E-state index contributed by atoms with van der Waals surface area (Å²) >= 11 is 0. The van der Waals surface area contributed by atoms with Gasteiger partial charge < -0.3 is 4.52 Å². The van der Waals surface area contributed by atoms with Gasteiger partial charge in [-0.3, -0.25) is 0 Å². The van der Waals surface area contributed by atoms with Gasteiger partial charge in [0, 0.05) is 5.56 Å². The number of hydrogen-bond donors (Lipinski definition) is 0. The molecule has 0 aliphatic heterocycles. The van der Waals surface area contributed by atoms with Crippen LogP contribution in [0.3, 0.4) is 0 Å². The summed E-state index contributed by atoms with van der Waals surface area (Å²) in [6.45, 7) is 6.07. The number of nitrogens with zero attached hydrogens (tertiary/aromatic N) is 1. The van der Waals surface area contributed by atoms with E-state index in [1.54, 1.807) is 12.5 Å². The van der Waals surface area contributed by atoms with Crippen LogP contribution in [-0.4, -0.2) is 5.16 Å². The van der Waals surface area contributed by atoms with Crippen LogP contribution in [0.2, 0.25) is 0 Å². The molecule has 0 spiro atoms. The molecule has 0 atom stereocenters. The van der Waals surface area contributed by atoms with Crippen LogP contribution >= 0.6 is 0 Å². The van der Waals surface area contributed by atoms with E-state index in [4.69, 9.17) is 4.52 Å². The van der Waals surface area contributed by atoms with Gasteiger partial charge in [-0.05, 0) is 12.5 Å². The van der Waals surface area contributed by atoms with Crippen LogP contribution < -0.4 is 0 Å². The number of benzene rings is 1. The van der Waals surface area contributed by atoms with E-state index in [1.165, 1.54) is 5.56 Å². The van der Waals surface area contributed by atoms with Crippen molar-refractivity contribution in [3.63, 3.8) is 0 Å². The van der Waals surface area contributed by atoms with Gasteiger partial charge >= 0.3 is 0 Å². The molecule has 2 heteroatoms. The second-order valence-corrected chi connectivity index (χ2v) is 2.78. The Hall–Kier alpha value is -1.57. The van der Waals surface area contributed by atoms with Gasteiger partial charge in [-0.2, -0.15) is 0 Å². The third kappa shape index (κ3) is 2.46. The van der Waals surface area contributed by atoms with Gasteiger partial charge in [0.25, 0.3) is 0 Å². The summed E-state index contributed by atoms with van der Waals surface area (Å²) in [7, 11) is 0. The second kappa shape index (κ2) is 5.22. The van der Waals surface area contributed by atoms with Crippen LogP contribution in [-0.2, 0) is 0 Å². The predicted octanol–water partition coefficient (Wildman–Crippen LogP) is 3.68. The Kier molecular flexibility index (Phi) is 3.92. The Morgan fingerprint density at radius 1 is 1.14 bits per heavy atom. The molecule has 0 aliphatic carbocycles. The van der Waals surface area contributed by atoms with E-state index >= 15 is 0 Å². The third-order valence-corrected chi connectivity index (χ3v) is 1.78. The van der Waals surface area contributed by atoms with E-state index < -0.39 is 0 Å². The van der Waals surface area contributed by atoms with Gasteiger partial charge in [-0.25, -0.2) is 0 Å². The second-order valence-electron chi connectivity index (χ2n) is 2.78. The van der Waals surface area contributed by atoms with Crippen molar-refractivity contribution < 1.29 is 4.52 Å². The van der Waals surface area contributed by atoms with E-state index in [1.807, 2.05) is 26.0 Å². The Labute approximate surface area is 84.6 Å². The monoisotopic (exact) mass is 189 g/mol. The molecule has 14 heavy (non-hydrogen) atoms. The third-order valence-electron chi connectivity index (χ3n) is 1.78. The molecule has 0 amide bonds. The fraction of sp³-hybridized carbons (Fsp3) is 0.250. The maximum absolute atomic E-state index is 4.76. The zero-order valence-electron chi connectivity index (χ0n) is 8.82. The summed E-state index contributed by atoms with van der Waals surface area (Å²) in [5.74, 6) is 0. The van der Waals surface area contributed by atoms with Gasteiger partial charge in [0.05, 0.1) is 6.20 Å². The van der Waals surface area contributed by atoms with Crippen LogP contribution in [0.1, 0.15) is 19.4 Å². The van der Waals surface area contributed by atoms with E-state index in [0.717, 1.165) is 11.1 Å². The van der Waals surface area contributed by atoms with Gasteiger partial charge in [0.2, 0.25) is 0 Å². The highest BCUT2D eigenvalue weighted by Gasteiger charge is 1.98. The maximum atomic E-state index is 4.76. The van der Waals surface area contributed by atoms with Crippen molar-refractivity contribution in [2.75, 3.05) is 0 Å². The highest BCUT2D eigenvalue weighted by atomic mass is 16.5. The first-order valence-corrected chi connectivity index (χ1v) is 4.83. The molecule has 0 fully saturated rings. The lowest BCUT2D eigenvalue weighted by atomic mass is 10.1. The molecule has 1 aromatic heterocycles. The van der Waals surface area contributed by atoms with E-state index in [0.29, 0.717) is 0 Å². The summed E-state index contributed by atoms with van der Waals surface area (Å²) in [4.78, 5) is 0. The zero-order chi connectivity index (χ0) is 10.4. The van der Waals surface area contributed by atoms with E-state index in [2.05, 4.69) is 24.2 Å². The molecule has 2 rings (SSSR count). The predicted molar refractivity (Wildman–Crippen MR) is 58.0 cm³/mol. The van der Waals surface area contributed by atoms with Crippen LogP contribution in [0, 0.1) is 6.92 Å². The molecule has 0 radical (unpaired) electrons. The Balaban J connectivity index is 0.000000461. The number of rotatable bonds is 1. The number of hydrogen-bond acceptors (Lipinski definition) is 2. The molecule has 0 N–H and O–H groups in total. The van der Waals surface area contributed by atoms with Gasteiger partial charge in [-0.1, -0.05) is 48.8 Å². The van der Waals surface area contributed by atoms with E-state index in [9.17, 15) is 0 Å². The summed E-state index contributed by atoms with van der Waals surface area (Å²) < 4.78 is 4.76. The van der Waals surface area contributed by atoms with Crippen LogP contribution in [0.4, 0.5) is 0 Å². The lowest BCUT2D eigenvalue weighted by Crippen LogP contribution is -1.75. The maximum Gasteiger partial charge on any atom is 0.131 e. The fourth-order valence-electron chi connectivity index (χ4n) is 1.17. The first kappa shape index (κ1) is 10.5. The summed E-state index contributed by atoms with van der Waals surface area (Å²) in [5.41, 5.74) is 3.42. The molecule has 74 valence electrons. The topological polar surface area (TPSA) is 26.0 Å². The molecule has 0 aliphatic rings. The highest BCUT2D eigenvalue weighted by molar-refractivity contribution is 5.61. The molecular formula is C12H15NO. The molecule has 2 nitrogen and oxygen atoms in total. The minimum atomic E-state index is 1.03. The number of aromatic nitrogens is 1. The largest absolute Gasteiger partial charge is 0.364 e. The van der Waals surface area contributed by atoms with Crippen molar-refractivity contribution in [1.29, 1.82) is 0 Å². The molecule has 2 aromatic rings. The minimum Gasteiger partial charge on any atom is -0.364 e. The molecule has 1 aromatic carbocycles. The summed E-state index contributed by atoms with van der Waals surface area (Å²) in [6, 6.07) is 8.24. The van der Waals surface area contributed by atoms with Gasteiger partial charge in [-0.15, -0.1) is 0 Å². The lowest BCUT2D eigenvalue weighted by Gasteiger charge is -1.96. The van der Waals surface area contributed by atoms with Crippen LogP contribution in [0.5, 0.6) is 0 Å². The molecule has 0 saturated carbocycles. The standard InChI is InChI=1S/C10H9NO.C2H6/c1-8-3-2-4-9(5-8)10-6-11-12-7-10;1-2/h2-7H,1H3;1-2H3. The molecule has 0 unspecified atom stereocenters. The average Bonchev–Trinajstić information content (AvgIpc) is 2.74. The molecular weight excluding hydrogens is 174 g/mol. The lowest BCUT2D eigenvalue weighted by molar-refractivity contribution is 0.420. The van der Waals surface area contributed by atoms with E-state index in [-0.39, 0.29) is 0 Å². The Morgan fingerprint density at radius 3 is 2.50 bits per heavy atom. The SMILES string of the molecule is CC.Cc1cccc(-c2cnoc2)c1. The van der Waals surface area contributed by atoms with Crippen molar-refractivity contribution in [3.8, 4) is 11.1 Å². The number of aryl methyl sites for hydroxylation is 1. The average molecular weight is 189 g/mol. The Bertz CT molecular complexity index is 366. The van der Waals surface area contributed by atoms with Crippen molar-refractivity contribution in [3.05, 3.63) is 42.3 Å². The van der Waals surface area contributed by atoms with Crippen LogP contribution in [0.25, 0.3) is 11.1 Å². The van der Waals surface area contributed by atoms with Crippen molar-refractivity contribution >= 4 is 0 Å². The summed E-state index contributed by atoms with van der Waals surface area (Å²) in [5, 5.41) is 3.65. The van der Waals surface area contributed by atoms with Crippen LogP contribution in [0.15, 0.2) is 41.2 Å². The van der Waals surface area contributed by atoms with Crippen molar-refractivity contribution in [2.45, 2.75) is 20.8 Å². The first-order chi connectivity index (χ1) is 6.86. The first-order valence-electron chi connectivity index (χ1n) is 4.83. The highest BCUT2D eigenvalue weighted by Crippen LogP contribution is 2.18. The van der Waals surface area contributed by atoms with Crippen molar-refractivity contribution in [2.24, 2.45) is 0 Å². The smallest absolute Gasteiger partial charge is 0.131 e. The van der Waals surface area contributed by atoms with Gasteiger partial charge in [0.1, 0.15) is 6.26 Å². The molecule has 1 heterocycles. The van der Waals surface area contributed by atoms with Crippen molar-refractivity contribution in [1.82, 2.24) is 5.16 Å². The minimum absolute atomic E-state index is 1.03. The summed E-state index contributed by atoms with van der Waals surface area (Å²) in [6.07, 6.45) is 3.36. The molecule has 0 bridgehead atoms. The normalized spacial score (nSPS) is 9.07. The molecule has 0 saturated heterocycles. The fourth-order valence-corrected chi connectivity index (χ4v) is 1.17. The zero-order valence-corrected chi connectivity index (χ0v) is 8.82. The Morgan fingerprint density at radius 2 is 1.93 bits per heavy atom. The van der Waals surface area contributed by atoms with Gasteiger partial charge in [0.15, 0.2) is 0 Å².